The van der Waals surface area contributed by atoms with Crippen LogP contribution in [0.4, 0.5) is 5.69 Å². The van der Waals surface area contributed by atoms with Crippen molar-refractivity contribution >= 4 is 35.0 Å². The van der Waals surface area contributed by atoms with Crippen LogP contribution < -0.4 is 24.4 Å². The summed E-state index contributed by atoms with van der Waals surface area (Å²) in [5, 5.41) is 3.44. The van der Waals surface area contributed by atoms with Crippen LogP contribution in [0.15, 0.2) is 72.4 Å². The number of ether oxygens (including phenoxy) is 3. The van der Waals surface area contributed by atoms with Crippen molar-refractivity contribution in [2.24, 2.45) is 0 Å². The molecule has 4 rings (SSSR count). The number of carbonyl (C=O) groups is 1. The van der Waals surface area contributed by atoms with Gasteiger partial charge < -0.3 is 19.5 Å². The van der Waals surface area contributed by atoms with Crippen LogP contribution in [0.5, 0.6) is 17.2 Å². The lowest BCUT2D eigenvalue weighted by molar-refractivity contribution is -0.113. The molecule has 186 valence electrons. The minimum atomic E-state index is -0.176. The van der Waals surface area contributed by atoms with Crippen molar-refractivity contribution in [2.45, 2.75) is 33.8 Å². The van der Waals surface area contributed by atoms with E-state index < -0.39 is 0 Å². The number of nitrogens with zero attached hydrogens (tertiary/aromatic N) is 1. The highest BCUT2D eigenvalue weighted by Crippen LogP contribution is 2.30. The number of amides is 1. The van der Waals surface area contributed by atoms with Gasteiger partial charge in [-0.25, -0.2) is 0 Å². The molecule has 3 aromatic carbocycles. The van der Waals surface area contributed by atoms with Gasteiger partial charge in [0.15, 0.2) is 16.6 Å². The normalized spacial score (nSPS) is 14.2. The number of hydrogen-bond donors (Lipinski definition) is 1. The predicted molar refractivity (Wildman–Crippen MR) is 147 cm³/mol. The smallest absolute Gasteiger partial charge is 0.281 e. The summed E-state index contributed by atoms with van der Waals surface area (Å²) in [5.74, 6) is 1.94. The van der Waals surface area contributed by atoms with Crippen molar-refractivity contribution in [2.75, 3.05) is 18.1 Å². The minimum absolute atomic E-state index is 0.176. The summed E-state index contributed by atoms with van der Waals surface area (Å²) in [6.07, 6.45) is 2.60. The molecule has 0 radical (unpaired) electrons. The third-order valence-corrected chi connectivity index (χ3v) is 5.96. The number of anilines is 1. The molecule has 0 saturated carbocycles. The molecule has 7 heteroatoms. The van der Waals surface area contributed by atoms with Crippen LogP contribution in [0.2, 0.25) is 0 Å². The van der Waals surface area contributed by atoms with E-state index in [0.29, 0.717) is 42.1 Å². The van der Waals surface area contributed by atoms with E-state index in [0.717, 1.165) is 34.5 Å². The Kier molecular flexibility index (Phi) is 8.23. The van der Waals surface area contributed by atoms with E-state index in [9.17, 15) is 4.79 Å². The number of aryl methyl sites for hydroxylation is 1. The molecular weight excluding hydrogens is 472 g/mol. The Morgan fingerprint density at radius 1 is 0.889 bits per heavy atom. The van der Waals surface area contributed by atoms with E-state index in [1.54, 1.807) is 11.0 Å². The summed E-state index contributed by atoms with van der Waals surface area (Å²) < 4.78 is 17.4. The first-order chi connectivity index (χ1) is 17.5. The van der Waals surface area contributed by atoms with E-state index in [1.165, 1.54) is 0 Å². The summed E-state index contributed by atoms with van der Waals surface area (Å²) in [5.41, 5.74) is 4.10. The predicted octanol–water partition coefficient (Wildman–Crippen LogP) is 5.89. The fraction of sp³-hybridized carbons (Fsp3) is 0.241. The Hall–Kier alpha value is -3.84. The summed E-state index contributed by atoms with van der Waals surface area (Å²) in [4.78, 5) is 14.8. The highest BCUT2D eigenvalue weighted by Gasteiger charge is 2.32. The van der Waals surface area contributed by atoms with Gasteiger partial charge in [-0.3, -0.25) is 9.69 Å². The van der Waals surface area contributed by atoms with E-state index >= 15 is 0 Å². The molecule has 0 aromatic heterocycles. The Morgan fingerprint density at radius 2 is 1.67 bits per heavy atom. The molecule has 1 amide bonds. The van der Waals surface area contributed by atoms with Gasteiger partial charge in [0.1, 0.15) is 18.1 Å². The molecule has 0 bridgehead atoms. The molecule has 0 atom stereocenters. The molecule has 1 fully saturated rings. The molecule has 0 unspecified atom stereocenters. The SMILES string of the molecule is CCOc1ccc(COc2cccc(/C=C3/NC(=S)N(c4ccccc4CC)C3=O)c2)cc1OCC. The zero-order valence-corrected chi connectivity index (χ0v) is 21.6. The molecular formula is C29H30N2O4S. The summed E-state index contributed by atoms with van der Waals surface area (Å²) in [6.45, 7) is 7.44. The number of thiocarbonyl (C=S) groups is 1. The van der Waals surface area contributed by atoms with Gasteiger partial charge in [-0.1, -0.05) is 43.3 Å². The molecule has 3 aromatic rings. The Bertz CT molecular complexity index is 1290. The van der Waals surface area contributed by atoms with Crippen molar-refractivity contribution in [3.63, 3.8) is 0 Å². The average Bonchev–Trinajstić information content (AvgIpc) is 3.16. The van der Waals surface area contributed by atoms with E-state index in [1.807, 2.05) is 80.6 Å². The van der Waals surface area contributed by atoms with Crippen LogP contribution in [0.1, 0.15) is 37.5 Å². The van der Waals surface area contributed by atoms with Crippen molar-refractivity contribution in [3.05, 3.63) is 89.1 Å². The Labute approximate surface area is 217 Å². The van der Waals surface area contributed by atoms with E-state index in [2.05, 4.69) is 12.2 Å². The monoisotopic (exact) mass is 502 g/mol. The van der Waals surface area contributed by atoms with Crippen LogP contribution in [-0.2, 0) is 17.8 Å². The van der Waals surface area contributed by atoms with Gasteiger partial charge in [0.05, 0.1) is 18.9 Å². The van der Waals surface area contributed by atoms with Gasteiger partial charge in [-0.15, -0.1) is 0 Å². The lowest BCUT2D eigenvalue weighted by Crippen LogP contribution is -2.31. The van der Waals surface area contributed by atoms with Crippen molar-refractivity contribution in [1.82, 2.24) is 5.32 Å². The van der Waals surface area contributed by atoms with Gasteiger partial charge in [0.2, 0.25) is 0 Å². The number of rotatable bonds is 10. The molecule has 0 spiro atoms. The van der Waals surface area contributed by atoms with Crippen LogP contribution in [0.3, 0.4) is 0 Å². The number of nitrogens with one attached hydrogen (secondary N) is 1. The fourth-order valence-corrected chi connectivity index (χ4v) is 4.29. The molecule has 1 aliphatic rings. The second-order valence-corrected chi connectivity index (χ2v) is 8.51. The van der Waals surface area contributed by atoms with Gasteiger partial charge >= 0.3 is 0 Å². The molecule has 0 aliphatic carbocycles. The topological polar surface area (TPSA) is 60.0 Å². The third-order valence-electron chi connectivity index (χ3n) is 5.67. The van der Waals surface area contributed by atoms with Gasteiger partial charge in [0.25, 0.3) is 5.91 Å². The first-order valence-electron chi connectivity index (χ1n) is 12.1. The van der Waals surface area contributed by atoms with Crippen LogP contribution in [0.25, 0.3) is 6.08 Å². The van der Waals surface area contributed by atoms with Crippen molar-refractivity contribution in [1.29, 1.82) is 0 Å². The minimum Gasteiger partial charge on any atom is -0.490 e. The number of para-hydroxylation sites is 1. The van der Waals surface area contributed by atoms with Crippen LogP contribution in [-0.4, -0.2) is 24.2 Å². The number of benzene rings is 3. The van der Waals surface area contributed by atoms with E-state index in [-0.39, 0.29) is 5.91 Å². The quantitative estimate of drug-likeness (QED) is 0.276. The average molecular weight is 503 g/mol. The summed E-state index contributed by atoms with van der Waals surface area (Å²) in [6, 6.07) is 21.2. The maximum Gasteiger partial charge on any atom is 0.281 e. The zero-order valence-electron chi connectivity index (χ0n) is 20.7. The van der Waals surface area contributed by atoms with Crippen LogP contribution in [0, 0.1) is 0 Å². The summed E-state index contributed by atoms with van der Waals surface area (Å²) in [7, 11) is 0. The summed E-state index contributed by atoms with van der Waals surface area (Å²) >= 11 is 5.49. The van der Waals surface area contributed by atoms with Gasteiger partial charge in [-0.2, -0.15) is 0 Å². The largest absolute Gasteiger partial charge is 0.490 e. The molecule has 1 N–H and O–H groups in total. The Balaban J connectivity index is 1.49. The molecule has 1 saturated heterocycles. The first-order valence-corrected chi connectivity index (χ1v) is 12.5. The maximum atomic E-state index is 13.2. The van der Waals surface area contributed by atoms with Crippen molar-refractivity contribution in [3.8, 4) is 17.2 Å². The van der Waals surface area contributed by atoms with Gasteiger partial charge in [-0.05, 0) is 85.6 Å². The molecule has 36 heavy (non-hydrogen) atoms. The number of hydrogen-bond acceptors (Lipinski definition) is 5. The molecule has 1 heterocycles. The molecule has 1 aliphatic heterocycles. The zero-order chi connectivity index (χ0) is 25.5. The highest BCUT2D eigenvalue weighted by molar-refractivity contribution is 7.80. The first kappa shape index (κ1) is 25.3. The second kappa shape index (κ2) is 11.7. The third kappa shape index (κ3) is 5.69. The molecule has 6 nitrogen and oxygen atoms in total. The highest BCUT2D eigenvalue weighted by atomic mass is 32.1. The fourth-order valence-electron chi connectivity index (χ4n) is 3.99. The standard InChI is InChI=1S/C29H30N2O4S/c1-4-22-11-7-8-13-25(22)31-28(32)24(30-29(31)36)17-20-10-9-12-23(16-20)35-19-21-14-15-26(33-5-2)27(18-21)34-6-3/h7-18H,4-6,19H2,1-3H3,(H,30,36)/b24-17+. The number of carbonyl (C=O) groups excluding carboxylic acids is 1. The Morgan fingerprint density at radius 3 is 2.44 bits per heavy atom. The maximum absolute atomic E-state index is 13.2. The van der Waals surface area contributed by atoms with Crippen molar-refractivity contribution < 1.29 is 19.0 Å². The van der Waals surface area contributed by atoms with Crippen LogP contribution >= 0.6 is 12.2 Å². The lowest BCUT2D eigenvalue weighted by Gasteiger charge is -2.17. The lowest BCUT2D eigenvalue weighted by atomic mass is 10.1. The van der Waals surface area contributed by atoms with Gasteiger partial charge in [0, 0.05) is 0 Å². The second-order valence-electron chi connectivity index (χ2n) is 8.12. The van der Waals surface area contributed by atoms with E-state index in [4.69, 9.17) is 26.4 Å².